The normalized spacial score (nSPS) is 15.2. The molecule has 0 atom stereocenters. The Hall–Kier alpha value is -2.73. The average Bonchev–Trinajstić information content (AvgIpc) is 2.70. The van der Waals surface area contributed by atoms with Crippen LogP contribution >= 0.6 is 0 Å². The number of hydrogen-bond donors (Lipinski definition) is 2. The van der Waals surface area contributed by atoms with E-state index in [4.69, 9.17) is 9.47 Å². The van der Waals surface area contributed by atoms with Crippen LogP contribution in [0.3, 0.4) is 0 Å². The molecule has 1 fully saturated rings. The van der Waals surface area contributed by atoms with Crippen molar-refractivity contribution < 1.29 is 19.5 Å². The molecular formula is C22H30N3O3+. The van der Waals surface area contributed by atoms with E-state index >= 15 is 0 Å². The van der Waals surface area contributed by atoms with E-state index in [0.717, 1.165) is 38.3 Å². The maximum Gasteiger partial charge on any atom is 0.200 e. The third-order valence-corrected chi connectivity index (χ3v) is 5.26. The van der Waals surface area contributed by atoms with Gasteiger partial charge in [-0.2, -0.15) is 5.10 Å². The highest BCUT2D eigenvalue weighted by molar-refractivity contribution is 5.82. The fraction of sp³-hybridized carbons (Fsp3) is 0.409. The van der Waals surface area contributed by atoms with E-state index in [2.05, 4.69) is 42.2 Å². The third-order valence-electron chi connectivity index (χ3n) is 5.26. The standard InChI is InChI=1S/C22H29N3O3/c1-16-5-6-19(17(2)11-16)15-24-7-9-25(10-8-24)23-14-18-12-20(27-3)22(26)21(13-18)28-4/h5-6,11-14,26H,7-10,15H2,1-4H3/p+1/b23-14+. The summed E-state index contributed by atoms with van der Waals surface area (Å²) in [4.78, 5) is 1.59. The lowest BCUT2D eigenvalue weighted by atomic mass is 10.1. The van der Waals surface area contributed by atoms with Crippen molar-refractivity contribution in [3.63, 3.8) is 0 Å². The Morgan fingerprint density at radius 1 is 1.07 bits per heavy atom. The van der Waals surface area contributed by atoms with Crippen molar-refractivity contribution >= 4 is 6.21 Å². The minimum absolute atomic E-state index is 0.00534. The number of phenolic OH excluding ortho intramolecular Hbond substituents is 1. The summed E-state index contributed by atoms with van der Waals surface area (Å²) in [6.07, 6.45) is 1.79. The number of quaternary nitrogens is 1. The molecule has 0 spiro atoms. The summed E-state index contributed by atoms with van der Waals surface area (Å²) in [6.45, 7) is 9.37. The Labute approximate surface area is 167 Å². The molecule has 2 N–H and O–H groups in total. The largest absolute Gasteiger partial charge is 0.502 e. The second kappa shape index (κ2) is 8.97. The second-order valence-electron chi connectivity index (χ2n) is 7.33. The summed E-state index contributed by atoms with van der Waals surface area (Å²) < 4.78 is 10.4. The SMILES string of the molecule is COc1cc(/C=N/N2CC[NH+](Cc3ccc(C)cc3C)CC2)cc(OC)c1O. The highest BCUT2D eigenvalue weighted by atomic mass is 16.5. The first-order valence-electron chi connectivity index (χ1n) is 9.63. The third kappa shape index (κ3) is 4.75. The molecule has 0 amide bonds. The predicted octanol–water partition coefficient (Wildman–Crippen LogP) is 1.76. The second-order valence-corrected chi connectivity index (χ2v) is 7.33. The summed E-state index contributed by atoms with van der Waals surface area (Å²) in [5.74, 6) is 0.762. The average molecular weight is 385 g/mol. The van der Waals surface area contributed by atoms with Gasteiger partial charge in [-0.1, -0.05) is 23.8 Å². The Bertz CT molecular complexity index is 818. The number of benzene rings is 2. The molecule has 2 aromatic rings. The lowest BCUT2D eigenvalue weighted by Crippen LogP contribution is -3.13. The van der Waals surface area contributed by atoms with Crippen molar-refractivity contribution in [3.8, 4) is 17.2 Å². The Balaban J connectivity index is 1.58. The minimum atomic E-state index is 0.00534. The summed E-state index contributed by atoms with van der Waals surface area (Å²) in [6, 6.07) is 10.2. The van der Waals surface area contributed by atoms with Gasteiger partial charge in [0.1, 0.15) is 6.54 Å². The minimum Gasteiger partial charge on any atom is -0.502 e. The molecule has 0 saturated carbocycles. The first-order chi connectivity index (χ1) is 13.5. The van der Waals surface area contributed by atoms with Crippen LogP contribution in [0.25, 0.3) is 0 Å². The molecule has 2 aromatic carbocycles. The molecule has 0 bridgehead atoms. The van der Waals surface area contributed by atoms with Crippen molar-refractivity contribution in [3.05, 3.63) is 52.6 Å². The fourth-order valence-electron chi connectivity index (χ4n) is 3.55. The molecule has 1 aliphatic rings. The highest BCUT2D eigenvalue weighted by Gasteiger charge is 2.19. The van der Waals surface area contributed by atoms with Gasteiger partial charge in [0.15, 0.2) is 11.5 Å². The Morgan fingerprint density at radius 2 is 1.71 bits per heavy atom. The first kappa shape index (κ1) is 20.0. The molecule has 0 unspecified atom stereocenters. The van der Waals surface area contributed by atoms with Crippen LogP contribution in [0, 0.1) is 13.8 Å². The van der Waals surface area contributed by atoms with E-state index < -0.39 is 0 Å². The van der Waals surface area contributed by atoms with Crippen molar-refractivity contribution in [2.24, 2.45) is 5.10 Å². The quantitative estimate of drug-likeness (QED) is 0.746. The van der Waals surface area contributed by atoms with Crippen molar-refractivity contribution in [1.82, 2.24) is 5.01 Å². The van der Waals surface area contributed by atoms with Gasteiger partial charge in [-0.15, -0.1) is 0 Å². The zero-order valence-electron chi connectivity index (χ0n) is 17.2. The molecule has 1 aliphatic heterocycles. The molecule has 150 valence electrons. The van der Waals surface area contributed by atoms with Gasteiger partial charge in [0.2, 0.25) is 5.75 Å². The van der Waals surface area contributed by atoms with Gasteiger partial charge in [-0.05, 0) is 31.5 Å². The molecule has 0 aromatic heterocycles. The Kier molecular flexibility index (Phi) is 6.41. The first-order valence-corrected chi connectivity index (χ1v) is 9.63. The van der Waals surface area contributed by atoms with Gasteiger partial charge in [-0.3, -0.25) is 5.01 Å². The van der Waals surface area contributed by atoms with Gasteiger partial charge in [0, 0.05) is 11.1 Å². The van der Waals surface area contributed by atoms with E-state index in [0.29, 0.717) is 11.5 Å². The smallest absolute Gasteiger partial charge is 0.200 e. The lowest BCUT2D eigenvalue weighted by Gasteiger charge is -2.30. The molecular weight excluding hydrogens is 354 g/mol. The number of nitrogens with zero attached hydrogens (tertiary/aromatic N) is 2. The van der Waals surface area contributed by atoms with E-state index in [-0.39, 0.29) is 5.75 Å². The van der Waals surface area contributed by atoms with E-state index in [1.807, 2.05) is 0 Å². The molecule has 6 heteroatoms. The van der Waals surface area contributed by atoms with Gasteiger partial charge in [0.25, 0.3) is 0 Å². The van der Waals surface area contributed by atoms with Crippen molar-refractivity contribution in [2.75, 3.05) is 40.4 Å². The predicted molar refractivity (Wildman–Crippen MR) is 111 cm³/mol. The molecule has 0 radical (unpaired) electrons. The van der Waals surface area contributed by atoms with E-state index in [1.165, 1.54) is 30.9 Å². The van der Waals surface area contributed by atoms with E-state index in [9.17, 15) is 5.11 Å². The fourth-order valence-corrected chi connectivity index (χ4v) is 3.55. The maximum atomic E-state index is 10.0. The number of rotatable bonds is 6. The number of hydrazone groups is 1. The summed E-state index contributed by atoms with van der Waals surface area (Å²) >= 11 is 0. The number of phenols is 1. The van der Waals surface area contributed by atoms with Crippen molar-refractivity contribution in [2.45, 2.75) is 20.4 Å². The van der Waals surface area contributed by atoms with Crippen LogP contribution in [-0.4, -0.2) is 56.7 Å². The number of methoxy groups -OCH3 is 2. The van der Waals surface area contributed by atoms with Crippen LogP contribution in [0.1, 0.15) is 22.3 Å². The number of ether oxygens (including phenoxy) is 2. The maximum absolute atomic E-state index is 10.0. The van der Waals surface area contributed by atoms with Gasteiger partial charge in [-0.25, -0.2) is 0 Å². The van der Waals surface area contributed by atoms with Gasteiger partial charge in [0.05, 0.1) is 46.6 Å². The zero-order chi connectivity index (χ0) is 20.1. The number of aryl methyl sites for hydroxylation is 2. The van der Waals surface area contributed by atoms with Gasteiger partial charge < -0.3 is 19.5 Å². The molecule has 6 nitrogen and oxygen atoms in total. The number of aromatic hydroxyl groups is 1. The Morgan fingerprint density at radius 3 is 2.29 bits per heavy atom. The topological polar surface area (TPSA) is 58.7 Å². The van der Waals surface area contributed by atoms with Crippen LogP contribution in [-0.2, 0) is 6.54 Å². The number of hydrogen-bond acceptors (Lipinski definition) is 5. The summed E-state index contributed by atoms with van der Waals surface area (Å²) in [7, 11) is 3.04. The molecule has 1 heterocycles. The monoisotopic (exact) mass is 384 g/mol. The number of nitrogens with one attached hydrogen (secondary N) is 1. The zero-order valence-corrected chi connectivity index (χ0v) is 17.2. The molecule has 28 heavy (non-hydrogen) atoms. The molecule has 3 rings (SSSR count). The molecule has 1 saturated heterocycles. The van der Waals surface area contributed by atoms with Crippen molar-refractivity contribution in [1.29, 1.82) is 0 Å². The van der Waals surface area contributed by atoms with Crippen LogP contribution in [0.4, 0.5) is 0 Å². The van der Waals surface area contributed by atoms with Crippen LogP contribution in [0.5, 0.6) is 17.2 Å². The number of piperazine rings is 1. The molecule has 0 aliphatic carbocycles. The lowest BCUT2D eigenvalue weighted by molar-refractivity contribution is -0.918. The van der Waals surface area contributed by atoms with Crippen LogP contribution in [0.15, 0.2) is 35.4 Å². The van der Waals surface area contributed by atoms with Crippen LogP contribution in [0.2, 0.25) is 0 Å². The summed E-state index contributed by atoms with van der Waals surface area (Å²) in [5.41, 5.74) is 4.96. The van der Waals surface area contributed by atoms with E-state index in [1.54, 1.807) is 23.2 Å². The van der Waals surface area contributed by atoms with Crippen LogP contribution < -0.4 is 14.4 Å². The summed E-state index contributed by atoms with van der Waals surface area (Å²) in [5, 5.41) is 16.7. The van der Waals surface area contributed by atoms with Gasteiger partial charge >= 0.3 is 0 Å². The highest BCUT2D eigenvalue weighted by Crippen LogP contribution is 2.36.